The smallest absolute Gasteiger partial charge is 0.193 e. The lowest BCUT2D eigenvalue weighted by Gasteiger charge is -2.10. The molecular formula is C19H23IN6. The van der Waals surface area contributed by atoms with E-state index in [0.29, 0.717) is 18.4 Å². The Kier molecular flexibility index (Phi) is 7.14. The van der Waals surface area contributed by atoms with Gasteiger partial charge in [0, 0.05) is 11.3 Å². The first-order chi connectivity index (χ1) is 12.1. The highest BCUT2D eigenvalue weighted by molar-refractivity contribution is 14.0. The fourth-order valence-corrected chi connectivity index (χ4v) is 2.50. The van der Waals surface area contributed by atoms with E-state index < -0.39 is 0 Å². The summed E-state index contributed by atoms with van der Waals surface area (Å²) in [6.07, 6.45) is 1.49. The summed E-state index contributed by atoms with van der Waals surface area (Å²) in [5.41, 5.74) is 10.3. The van der Waals surface area contributed by atoms with Crippen LogP contribution in [0.2, 0.25) is 0 Å². The first-order valence-corrected chi connectivity index (χ1v) is 8.23. The fourth-order valence-electron chi connectivity index (χ4n) is 2.50. The number of aromatic nitrogens is 3. The number of halogens is 1. The van der Waals surface area contributed by atoms with E-state index in [-0.39, 0.29) is 24.0 Å². The summed E-state index contributed by atoms with van der Waals surface area (Å²) < 4.78 is 0. The van der Waals surface area contributed by atoms with Gasteiger partial charge in [-0.1, -0.05) is 44.2 Å². The predicted molar refractivity (Wildman–Crippen MR) is 117 cm³/mol. The number of anilines is 1. The second-order valence-corrected chi connectivity index (χ2v) is 6.14. The molecule has 1 aromatic heterocycles. The quantitative estimate of drug-likeness (QED) is 0.302. The van der Waals surface area contributed by atoms with Crippen LogP contribution < -0.4 is 11.1 Å². The van der Waals surface area contributed by atoms with Crippen LogP contribution in [0.1, 0.15) is 30.9 Å². The summed E-state index contributed by atoms with van der Waals surface area (Å²) in [5.74, 6) is 1.60. The maximum atomic E-state index is 6.02. The van der Waals surface area contributed by atoms with E-state index in [4.69, 9.17) is 5.73 Å². The molecule has 2 aromatic carbocycles. The molecule has 0 unspecified atom stereocenters. The lowest BCUT2D eigenvalue weighted by Crippen LogP contribution is -2.22. The van der Waals surface area contributed by atoms with Crippen LogP contribution in [0.15, 0.2) is 59.9 Å². The van der Waals surface area contributed by atoms with Crippen LogP contribution in [0.5, 0.6) is 0 Å². The van der Waals surface area contributed by atoms with Crippen molar-refractivity contribution in [1.82, 2.24) is 15.2 Å². The highest BCUT2D eigenvalue weighted by Gasteiger charge is 2.03. The number of benzene rings is 2. The third kappa shape index (κ3) is 5.29. The topological polar surface area (TPSA) is 92.0 Å². The average molecular weight is 462 g/mol. The van der Waals surface area contributed by atoms with Gasteiger partial charge in [0.2, 0.25) is 0 Å². The van der Waals surface area contributed by atoms with E-state index in [1.54, 1.807) is 0 Å². The van der Waals surface area contributed by atoms with Crippen LogP contribution in [0.25, 0.3) is 11.4 Å². The molecule has 0 radical (unpaired) electrons. The molecule has 0 fully saturated rings. The van der Waals surface area contributed by atoms with Crippen LogP contribution in [-0.4, -0.2) is 21.1 Å². The summed E-state index contributed by atoms with van der Waals surface area (Å²) in [4.78, 5) is 8.59. The van der Waals surface area contributed by atoms with Crippen molar-refractivity contribution in [2.24, 2.45) is 10.7 Å². The molecule has 1 heterocycles. The van der Waals surface area contributed by atoms with E-state index in [9.17, 15) is 0 Å². The van der Waals surface area contributed by atoms with E-state index in [0.717, 1.165) is 22.6 Å². The summed E-state index contributed by atoms with van der Waals surface area (Å²) in [6.45, 7) is 4.82. The van der Waals surface area contributed by atoms with E-state index >= 15 is 0 Å². The lowest BCUT2D eigenvalue weighted by atomic mass is 10.0. The Hall–Kier alpha value is -2.42. The maximum absolute atomic E-state index is 6.02. The number of aromatic amines is 1. The average Bonchev–Trinajstić information content (AvgIpc) is 3.15. The van der Waals surface area contributed by atoms with Crippen LogP contribution >= 0.6 is 24.0 Å². The van der Waals surface area contributed by atoms with Gasteiger partial charge in [-0.15, -0.1) is 24.0 Å². The molecule has 3 rings (SSSR count). The third-order valence-corrected chi connectivity index (χ3v) is 3.87. The van der Waals surface area contributed by atoms with Crippen molar-refractivity contribution >= 4 is 35.6 Å². The van der Waals surface area contributed by atoms with Gasteiger partial charge in [0.05, 0.1) is 6.54 Å². The molecule has 3 aromatic rings. The molecule has 6 nitrogen and oxygen atoms in total. The fraction of sp³-hybridized carbons (Fsp3) is 0.211. The molecule has 0 aliphatic carbocycles. The minimum absolute atomic E-state index is 0. The molecule has 0 aliphatic rings. The number of hydrogen-bond acceptors (Lipinski definition) is 3. The minimum Gasteiger partial charge on any atom is -0.370 e. The Morgan fingerprint density at radius 1 is 1.19 bits per heavy atom. The maximum Gasteiger partial charge on any atom is 0.193 e. The molecule has 0 amide bonds. The van der Waals surface area contributed by atoms with Gasteiger partial charge in [-0.25, -0.2) is 9.98 Å². The second kappa shape index (κ2) is 9.33. The van der Waals surface area contributed by atoms with Crippen molar-refractivity contribution in [1.29, 1.82) is 0 Å². The number of nitrogens with one attached hydrogen (secondary N) is 2. The van der Waals surface area contributed by atoms with Crippen molar-refractivity contribution in [3.63, 3.8) is 0 Å². The standard InChI is InChI=1S/C19H22N6.HI/c1-13(2)15-6-4-8-17(10-15)24-19(20)21-11-14-5-3-7-16(9-14)18-22-12-23-25-18;/h3-10,12-13H,11H2,1-2H3,(H3,20,21,24)(H,22,23,25);1H. The van der Waals surface area contributed by atoms with E-state index in [1.807, 2.05) is 36.4 Å². The molecular weight excluding hydrogens is 439 g/mol. The van der Waals surface area contributed by atoms with Crippen LogP contribution in [-0.2, 0) is 6.54 Å². The van der Waals surface area contributed by atoms with Gasteiger partial charge in [0.15, 0.2) is 11.8 Å². The second-order valence-electron chi connectivity index (χ2n) is 6.14. The third-order valence-electron chi connectivity index (χ3n) is 3.87. The monoisotopic (exact) mass is 462 g/mol. The number of guanidine groups is 1. The van der Waals surface area contributed by atoms with Crippen LogP contribution in [0.3, 0.4) is 0 Å². The molecule has 0 atom stereocenters. The van der Waals surface area contributed by atoms with Gasteiger partial charge in [-0.2, -0.15) is 5.10 Å². The number of H-pyrrole nitrogens is 1. The van der Waals surface area contributed by atoms with Crippen molar-refractivity contribution < 1.29 is 0 Å². The number of hydrogen-bond donors (Lipinski definition) is 3. The van der Waals surface area contributed by atoms with Crippen molar-refractivity contribution in [2.45, 2.75) is 26.3 Å². The molecule has 4 N–H and O–H groups in total. The Morgan fingerprint density at radius 2 is 2.00 bits per heavy atom. The van der Waals surface area contributed by atoms with Gasteiger partial charge in [-0.05, 0) is 35.2 Å². The van der Waals surface area contributed by atoms with Crippen LogP contribution in [0, 0.1) is 0 Å². The normalized spacial score (nSPS) is 11.3. The SMILES string of the molecule is CC(C)c1cccc(NC(N)=NCc2cccc(-c3ncn[nH]3)c2)c1.I. The number of nitrogens with zero attached hydrogens (tertiary/aromatic N) is 3. The zero-order valence-corrected chi connectivity index (χ0v) is 17.1. The highest BCUT2D eigenvalue weighted by Crippen LogP contribution is 2.19. The van der Waals surface area contributed by atoms with Crippen molar-refractivity contribution in [2.75, 3.05) is 5.32 Å². The number of rotatable bonds is 5. The summed E-state index contributed by atoms with van der Waals surface area (Å²) >= 11 is 0. The Bertz CT molecular complexity index is 858. The Balaban J connectivity index is 0.00000243. The van der Waals surface area contributed by atoms with E-state index in [2.05, 4.69) is 51.5 Å². The molecule has 0 aliphatic heterocycles. The summed E-state index contributed by atoms with van der Waals surface area (Å²) in [5, 5.41) is 9.88. The van der Waals surface area contributed by atoms with Gasteiger partial charge in [-0.3, -0.25) is 5.10 Å². The minimum atomic E-state index is 0. The molecule has 0 bridgehead atoms. The zero-order valence-electron chi connectivity index (χ0n) is 14.8. The number of aliphatic imine (C=N–C) groups is 1. The van der Waals surface area contributed by atoms with Crippen molar-refractivity contribution in [3.05, 3.63) is 66.0 Å². The van der Waals surface area contributed by atoms with Gasteiger partial charge >= 0.3 is 0 Å². The number of nitrogens with two attached hydrogens (primary N) is 1. The van der Waals surface area contributed by atoms with Gasteiger partial charge < -0.3 is 11.1 Å². The molecule has 136 valence electrons. The molecule has 26 heavy (non-hydrogen) atoms. The highest BCUT2D eigenvalue weighted by atomic mass is 127. The zero-order chi connectivity index (χ0) is 17.6. The van der Waals surface area contributed by atoms with Gasteiger partial charge in [0.1, 0.15) is 6.33 Å². The largest absolute Gasteiger partial charge is 0.370 e. The van der Waals surface area contributed by atoms with E-state index in [1.165, 1.54) is 11.9 Å². The van der Waals surface area contributed by atoms with Gasteiger partial charge in [0.25, 0.3) is 0 Å². The Labute approximate surface area is 170 Å². The van der Waals surface area contributed by atoms with Crippen molar-refractivity contribution in [3.8, 4) is 11.4 Å². The van der Waals surface area contributed by atoms with Crippen LogP contribution in [0.4, 0.5) is 5.69 Å². The molecule has 7 heteroatoms. The Morgan fingerprint density at radius 3 is 2.73 bits per heavy atom. The predicted octanol–water partition coefficient (Wildman–Crippen LogP) is 4.14. The first-order valence-electron chi connectivity index (χ1n) is 8.23. The summed E-state index contributed by atoms with van der Waals surface area (Å²) in [6, 6.07) is 16.2. The summed E-state index contributed by atoms with van der Waals surface area (Å²) in [7, 11) is 0. The lowest BCUT2D eigenvalue weighted by molar-refractivity contribution is 0.867. The first kappa shape index (κ1) is 19.9. The molecule has 0 spiro atoms. The molecule has 0 saturated heterocycles. The molecule has 0 saturated carbocycles.